The van der Waals surface area contributed by atoms with Gasteiger partial charge in [-0.1, -0.05) is 18.2 Å². The second-order valence-electron chi connectivity index (χ2n) is 6.10. The van der Waals surface area contributed by atoms with Crippen LogP contribution in [-0.4, -0.2) is 34.2 Å². The van der Waals surface area contributed by atoms with Crippen LogP contribution in [0.4, 0.5) is 11.8 Å². The lowest BCUT2D eigenvalue weighted by Gasteiger charge is -2.14. The lowest BCUT2D eigenvalue weighted by Crippen LogP contribution is -2.19. The Labute approximate surface area is 146 Å². The maximum Gasteiger partial charge on any atom is 0.225 e. The van der Waals surface area contributed by atoms with E-state index in [9.17, 15) is 0 Å². The maximum absolute atomic E-state index is 5.69. The fraction of sp³-hybridized carbons (Fsp3) is 0.316. The van der Waals surface area contributed by atoms with E-state index >= 15 is 0 Å². The molecule has 2 aromatic heterocycles. The molecule has 0 spiro atoms. The Morgan fingerprint density at radius 3 is 2.80 bits per heavy atom. The summed E-state index contributed by atoms with van der Waals surface area (Å²) in [4.78, 5) is 13.6. The number of hydrogen-bond donors (Lipinski definition) is 2. The highest BCUT2D eigenvalue weighted by Crippen LogP contribution is 2.23. The fourth-order valence-corrected chi connectivity index (χ4v) is 2.98. The molecule has 128 valence electrons. The monoisotopic (exact) mass is 335 g/mol. The summed E-state index contributed by atoms with van der Waals surface area (Å²) in [7, 11) is 0. The van der Waals surface area contributed by atoms with E-state index in [1.807, 2.05) is 42.5 Å². The van der Waals surface area contributed by atoms with Gasteiger partial charge in [0.05, 0.1) is 23.9 Å². The number of hydrogen-bond acceptors (Lipinski definition) is 6. The Balaban J connectivity index is 1.54. The van der Waals surface area contributed by atoms with Crippen LogP contribution in [0.3, 0.4) is 0 Å². The maximum atomic E-state index is 5.69. The first kappa shape index (κ1) is 15.8. The number of pyridine rings is 1. The molecule has 0 aliphatic carbocycles. The summed E-state index contributed by atoms with van der Waals surface area (Å²) >= 11 is 0. The number of nitrogens with zero attached hydrogens (tertiary/aromatic N) is 3. The molecule has 0 radical (unpaired) electrons. The van der Waals surface area contributed by atoms with Crippen molar-refractivity contribution in [1.29, 1.82) is 0 Å². The van der Waals surface area contributed by atoms with Crippen molar-refractivity contribution in [1.82, 2.24) is 15.0 Å². The Morgan fingerprint density at radius 1 is 1.04 bits per heavy atom. The van der Waals surface area contributed by atoms with Gasteiger partial charge in [-0.15, -0.1) is 0 Å². The number of fused-ring (bicyclic) bond motifs is 1. The molecule has 0 amide bonds. The minimum absolute atomic E-state index is 0.263. The summed E-state index contributed by atoms with van der Waals surface area (Å²) in [5, 5.41) is 7.72. The number of aromatic nitrogens is 3. The summed E-state index contributed by atoms with van der Waals surface area (Å²) in [6.07, 6.45) is 4.28. The normalized spacial score (nSPS) is 16.9. The molecule has 0 saturated carbocycles. The van der Waals surface area contributed by atoms with E-state index in [-0.39, 0.29) is 6.10 Å². The third-order valence-electron chi connectivity index (χ3n) is 4.28. The van der Waals surface area contributed by atoms with Crippen LogP contribution in [0.15, 0.2) is 48.7 Å². The Morgan fingerprint density at radius 2 is 1.96 bits per heavy atom. The van der Waals surface area contributed by atoms with Crippen molar-refractivity contribution >= 4 is 22.7 Å². The second-order valence-corrected chi connectivity index (χ2v) is 6.10. The van der Waals surface area contributed by atoms with Gasteiger partial charge in [0.25, 0.3) is 0 Å². The van der Waals surface area contributed by atoms with Crippen LogP contribution >= 0.6 is 0 Å². The topological polar surface area (TPSA) is 72.0 Å². The average Bonchev–Trinajstić information content (AvgIpc) is 3.19. The molecule has 0 unspecified atom stereocenters. The van der Waals surface area contributed by atoms with Crippen LogP contribution in [0.25, 0.3) is 10.9 Å². The molecule has 25 heavy (non-hydrogen) atoms. The van der Waals surface area contributed by atoms with Gasteiger partial charge in [-0.2, -0.15) is 4.98 Å². The Hall–Kier alpha value is -2.73. The van der Waals surface area contributed by atoms with E-state index in [1.165, 1.54) is 0 Å². The molecule has 1 aliphatic heterocycles. The van der Waals surface area contributed by atoms with E-state index in [2.05, 4.69) is 25.6 Å². The molecule has 3 aromatic rings. The first-order valence-electron chi connectivity index (χ1n) is 8.64. The van der Waals surface area contributed by atoms with E-state index in [0.29, 0.717) is 12.5 Å². The average molecular weight is 335 g/mol. The van der Waals surface area contributed by atoms with Crippen molar-refractivity contribution in [3.05, 3.63) is 54.4 Å². The van der Waals surface area contributed by atoms with Crippen molar-refractivity contribution in [2.45, 2.75) is 25.5 Å². The molecule has 3 heterocycles. The first-order valence-corrected chi connectivity index (χ1v) is 8.64. The van der Waals surface area contributed by atoms with Crippen LogP contribution in [-0.2, 0) is 11.3 Å². The Kier molecular flexibility index (Phi) is 4.70. The number of para-hydroxylation sites is 1. The molecule has 4 rings (SSSR count). The van der Waals surface area contributed by atoms with Gasteiger partial charge in [0.1, 0.15) is 5.82 Å². The van der Waals surface area contributed by atoms with Gasteiger partial charge in [-0.05, 0) is 37.1 Å². The molecule has 6 heteroatoms. The summed E-state index contributed by atoms with van der Waals surface area (Å²) in [5.41, 5.74) is 1.86. The van der Waals surface area contributed by atoms with Gasteiger partial charge in [-0.3, -0.25) is 4.98 Å². The number of benzene rings is 1. The fourth-order valence-electron chi connectivity index (χ4n) is 2.98. The highest BCUT2D eigenvalue weighted by Gasteiger charge is 2.16. The van der Waals surface area contributed by atoms with Gasteiger partial charge in [0.15, 0.2) is 0 Å². The molecular weight excluding hydrogens is 314 g/mol. The summed E-state index contributed by atoms with van der Waals surface area (Å²) in [6, 6.07) is 13.9. The highest BCUT2D eigenvalue weighted by molar-refractivity contribution is 5.90. The van der Waals surface area contributed by atoms with E-state index < -0.39 is 0 Å². The highest BCUT2D eigenvalue weighted by atomic mass is 16.5. The van der Waals surface area contributed by atoms with Crippen molar-refractivity contribution < 1.29 is 4.74 Å². The van der Waals surface area contributed by atoms with Gasteiger partial charge in [0.2, 0.25) is 5.95 Å². The van der Waals surface area contributed by atoms with Gasteiger partial charge < -0.3 is 15.4 Å². The van der Waals surface area contributed by atoms with E-state index in [4.69, 9.17) is 4.74 Å². The van der Waals surface area contributed by atoms with Crippen LogP contribution in [0, 0.1) is 0 Å². The molecule has 1 fully saturated rings. The molecule has 0 bridgehead atoms. The molecule has 1 atom stereocenters. The van der Waals surface area contributed by atoms with Crippen LogP contribution in [0.5, 0.6) is 0 Å². The van der Waals surface area contributed by atoms with Crippen LogP contribution < -0.4 is 10.6 Å². The minimum Gasteiger partial charge on any atom is -0.376 e. The van der Waals surface area contributed by atoms with Gasteiger partial charge in [-0.25, -0.2) is 4.98 Å². The number of anilines is 2. The molecule has 6 nitrogen and oxygen atoms in total. The largest absolute Gasteiger partial charge is 0.376 e. The third kappa shape index (κ3) is 3.85. The SMILES string of the molecule is c1ccc(CNc2nc(NC[C@@H]3CCCO3)c3ccccc3n2)nc1. The second kappa shape index (κ2) is 7.44. The zero-order valence-electron chi connectivity index (χ0n) is 14.0. The quantitative estimate of drug-likeness (QED) is 0.721. The molecular formula is C19H21N5O. The molecule has 1 saturated heterocycles. The lowest BCUT2D eigenvalue weighted by molar-refractivity contribution is 0.120. The zero-order valence-corrected chi connectivity index (χ0v) is 14.0. The van der Waals surface area contributed by atoms with Crippen molar-refractivity contribution in [3.8, 4) is 0 Å². The molecule has 1 aliphatic rings. The standard InChI is InChI=1S/C19H21N5O/c1-2-9-17-16(8-1)18(21-13-15-7-5-11-25-15)24-19(23-17)22-12-14-6-3-4-10-20-14/h1-4,6,8-10,15H,5,7,11-13H2,(H2,21,22,23,24)/t15-/m0/s1. The van der Waals surface area contributed by atoms with Crippen molar-refractivity contribution in [3.63, 3.8) is 0 Å². The zero-order chi connectivity index (χ0) is 16.9. The van der Waals surface area contributed by atoms with Crippen LogP contribution in [0.2, 0.25) is 0 Å². The molecule has 2 N–H and O–H groups in total. The lowest BCUT2D eigenvalue weighted by atomic mass is 10.2. The smallest absolute Gasteiger partial charge is 0.225 e. The van der Waals surface area contributed by atoms with Crippen molar-refractivity contribution in [2.75, 3.05) is 23.8 Å². The van der Waals surface area contributed by atoms with E-state index in [0.717, 1.165) is 48.4 Å². The minimum atomic E-state index is 0.263. The Bertz CT molecular complexity index is 834. The molecule has 1 aromatic carbocycles. The number of rotatable bonds is 6. The van der Waals surface area contributed by atoms with Crippen LogP contribution in [0.1, 0.15) is 18.5 Å². The van der Waals surface area contributed by atoms with E-state index in [1.54, 1.807) is 6.20 Å². The number of nitrogens with one attached hydrogen (secondary N) is 2. The predicted octanol–water partition coefficient (Wildman–Crippen LogP) is 3.23. The third-order valence-corrected chi connectivity index (χ3v) is 4.28. The summed E-state index contributed by atoms with van der Waals surface area (Å²) < 4.78 is 5.69. The predicted molar refractivity (Wildman–Crippen MR) is 98.6 cm³/mol. The van der Waals surface area contributed by atoms with Gasteiger partial charge in [0, 0.05) is 24.7 Å². The summed E-state index contributed by atoms with van der Waals surface area (Å²) in [6.45, 7) is 2.21. The summed E-state index contributed by atoms with van der Waals surface area (Å²) in [5.74, 6) is 1.43. The van der Waals surface area contributed by atoms with Gasteiger partial charge >= 0.3 is 0 Å². The first-order chi connectivity index (χ1) is 12.4. The van der Waals surface area contributed by atoms with Crippen molar-refractivity contribution in [2.24, 2.45) is 0 Å². The number of ether oxygens (including phenoxy) is 1.